The number of carbonyl (C=O) groups is 1. The Kier molecular flexibility index (Phi) is 0.970. The summed E-state index contributed by atoms with van der Waals surface area (Å²) in [5.74, 6) is -0.197. The van der Waals surface area contributed by atoms with Crippen molar-refractivity contribution in [1.29, 1.82) is 0 Å². The Morgan fingerprint density at radius 3 is 2.43 bits per heavy atom. The van der Waals surface area contributed by atoms with Crippen LogP contribution in [0.3, 0.4) is 0 Å². The number of rotatable bonds is 0. The Bertz CT molecular complexity index is 114. The monoisotopic (exact) mass is 137 g/mol. The van der Waals surface area contributed by atoms with E-state index in [0.29, 0.717) is 6.54 Å². The number of amides is 1. The number of hydrogen-bond acceptors (Lipinski definition) is 2. The largest absolute Gasteiger partial charge is 0.351 e. The second-order valence-corrected chi connectivity index (χ2v) is 3.11. The normalized spacial score (nSPS) is 39.4. The highest BCUT2D eigenvalue weighted by Crippen LogP contribution is 2.25. The van der Waals surface area contributed by atoms with Crippen LogP contribution in [0.1, 0.15) is 0 Å². The molecule has 0 radical (unpaired) electrons. The van der Waals surface area contributed by atoms with Crippen LogP contribution in [0.4, 0.5) is 0 Å². The summed E-state index contributed by atoms with van der Waals surface area (Å²) in [7, 11) is 0. The van der Waals surface area contributed by atoms with Gasteiger partial charge < -0.3 is 5.32 Å². The second kappa shape index (κ2) is 1.29. The fourth-order valence-electron chi connectivity index (χ4n) is 0.306. The van der Waals surface area contributed by atoms with E-state index in [-0.39, 0.29) is 5.91 Å². The molecular formula is C3H4ClNOS. The first-order chi connectivity index (χ1) is 3.13. The van der Waals surface area contributed by atoms with E-state index in [1.165, 1.54) is 0 Å². The molecule has 40 valence electrons. The fourth-order valence-corrected chi connectivity index (χ4v) is 0.598. The average molecular weight is 138 g/mol. The molecule has 0 spiro atoms. The van der Waals surface area contributed by atoms with E-state index in [0.717, 1.165) is 0 Å². The molecule has 0 aromatic rings. The van der Waals surface area contributed by atoms with Crippen molar-refractivity contribution in [1.82, 2.24) is 5.32 Å². The van der Waals surface area contributed by atoms with Crippen molar-refractivity contribution in [3.8, 4) is 0 Å². The van der Waals surface area contributed by atoms with Gasteiger partial charge in [0.25, 0.3) is 5.91 Å². The maximum Gasteiger partial charge on any atom is 0.253 e. The lowest BCUT2D eigenvalue weighted by Crippen LogP contribution is -2.57. The van der Waals surface area contributed by atoms with Crippen LogP contribution in [-0.4, -0.2) is 16.7 Å². The molecule has 0 bridgehead atoms. The minimum atomic E-state index is -0.903. The van der Waals surface area contributed by atoms with Crippen molar-refractivity contribution in [3.63, 3.8) is 0 Å². The maximum atomic E-state index is 10.2. The van der Waals surface area contributed by atoms with Gasteiger partial charge in [-0.3, -0.25) is 4.79 Å². The Morgan fingerprint density at radius 2 is 2.43 bits per heavy atom. The molecule has 1 saturated heterocycles. The lowest BCUT2D eigenvalue weighted by atomic mass is 10.2. The van der Waals surface area contributed by atoms with Crippen molar-refractivity contribution in [2.75, 3.05) is 6.54 Å². The molecule has 0 saturated carbocycles. The van der Waals surface area contributed by atoms with Crippen LogP contribution < -0.4 is 5.32 Å². The van der Waals surface area contributed by atoms with Gasteiger partial charge in [0, 0.05) is 0 Å². The summed E-state index contributed by atoms with van der Waals surface area (Å²) in [4.78, 5) is 10.2. The van der Waals surface area contributed by atoms with Gasteiger partial charge in [-0.15, -0.1) is 12.6 Å². The molecule has 0 aromatic carbocycles. The van der Waals surface area contributed by atoms with Crippen molar-refractivity contribution in [2.45, 2.75) is 4.21 Å². The predicted octanol–water partition coefficient (Wildman–Crippen LogP) is -0.0189. The number of nitrogens with one attached hydrogen (secondary N) is 1. The van der Waals surface area contributed by atoms with Crippen LogP contribution in [0.2, 0.25) is 0 Å². The fraction of sp³-hybridized carbons (Fsp3) is 0.667. The van der Waals surface area contributed by atoms with Gasteiger partial charge >= 0.3 is 0 Å². The third-order valence-corrected chi connectivity index (χ3v) is 1.50. The van der Waals surface area contributed by atoms with E-state index in [4.69, 9.17) is 11.6 Å². The molecule has 1 N–H and O–H groups in total. The van der Waals surface area contributed by atoms with Crippen LogP contribution in [0, 0.1) is 0 Å². The molecule has 1 fully saturated rings. The van der Waals surface area contributed by atoms with Crippen molar-refractivity contribution in [2.24, 2.45) is 0 Å². The van der Waals surface area contributed by atoms with Crippen molar-refractivity contribution >= 4 is 30.1 Å². The summed E-state index contributed by atoms with van der Waals surface area (Å²) in [5.41, 5.74) is 0. The SMILES string of the molecule is O=C1NCC1(S)Cl. The van der Waals surface area contributed by atoms with E-state index in [2.05, 4.69) is 17.9 Å². The molecule has 1 rings (SSSR count). The zero-order valence-electron chi connectivity index (χ0n) is 3.44. The minimum Gasteiger partial charge on any atom is -0.351 e. The van der Waals surface area contributed by atoms with E-state index < -0.39 is 4.21 Å². The van der Waals surface area contributed by atoms with Gasteiger partial charge in [0.15, 0.2) is 4.21 Å². The lowest BCUT2D eigenvalue weighted by molar-refractivity contribution is -0.126. The number of carbonyl (C=O) groups excluding carboxylic acids is 1. The molecule has 1 unspecified atom stereocenters. The zero-order chi connectivity index (χ0) is 5.49. The first-order valence-corrected chi connectivity index (χ1v) is 2.65. The summed E-state index contributed by atoms with van der Waals surface area (Å²) >= 11 is 9.20. The summed E-state index contributed by atoms with van der Waals surface area (Å²) < 4.78 is -0.903. The molecular weight excluding hydrogens is 134 g/mol. The number of halogens is 1. The van der Waals surface area contributed by atoms with Crippen molar-refractivity contribution in [3.05, 3.63) is 0 Å². The number of alkyl halides is 1. The van der Waals surface area contributed by atoms with E-state index >= 15 is 0 Å². The molecule has 1 aliphatic rings. The predicted molar refractivity (Wildman–Crippen MR) is 30.6 cm³/mol. The van der Waals surface area contributed by atoms with Gasteiger partial charge in [0.1, 0.15) is 0 Å². The number of β-lactam (4-membered cyclic amide) rings is 1. The standard InChI is InChI=1S/C3H4ClNOS/c4-3(7)1-5-2(3)6/h7H,1H2,(H,5,6). The molecule has 1 heterocycles. The second-order valence-electron chi connectivity index (χ2n) is 1.44. The zero-order valence-corrected chi connectivity index (χ0v) is 5.09. The third-order valence-electron chi connectivity index (χ3n) is 0.831. The topological polar surface area (TPSA) is 29.1 Å². The molecule has 7 heavy (non-hydrogen) atoms. The van der Waals surface area contributed by atoms with Crippen LogP contribution in [0.15, 0.2) is 0 Å². The molecule has 1 atom stereocenters. The molecule has 0 aliphatic carbocycles. The quantitative estimate of drug-likeness (QED) is 0.274. The summed E-state index contributed by atoms with van der Waals surface area (Å²) in [6.07, 6.45) is 0. The van der Waals surface area contributed by atoms with Crippen LogP contribution >= 0.6 is 24.2 Å². The lowest BCUT2D eigenvalue weighted by Gasteiger charge is -2.29. The summed E-state index contributed by atoms with van der Waals surface area (Å²) in [5, 5.41) is 2.45. The first kappa shape index (κ1) is 5.25. The molecule has 1 amide bonds. The summed E-state index contributed by atoms with van der Waals surface area (Å²) in [6, 6.07) is 0. The smallest absolute Gasteiger partial charge is 0.253 e. The Hall–Kier alpha value is 0.110. The number of hydrogen-bond donors (Lipinski definition) is 2. The Labute approximate surface area is 51.6 Å². The summed E-state index contributed by atoms with van der Waals surface area (Å²) in [6.45, 7) is 0.469. The van der Waals surface area contributed by atoms with Gasteiger partial charge in [-0.05, 0) is 0 Å². The van der Waals surface area contributed by atoms with E-state index in [1.54, 1.807) is 0 Å². The molecule has 1 aliphatic heterocycles. The van der Waals surface area contributed by atoms with Crippen LogP contribution in [0.5, 0.6) is 0 Å². The molecule has 2 nitrogen and oxygen atoms in total. The highest BCUT2D eigenvalue weighted by molar-refractivity contribution is 7.84. The minimum absolute atomic E-state index is 0.197. The van der Waals surface area contributed by atoms with Gasteiger partial charge in [-0.2, -0.15) is 0 Å². The molecule has 4 heteroatoms. The maximum absolute atomic E-state index is 10.2. The van der Waals surface area contributed by atoms with E-state index in [1.807, 2.05) is 0 Å². The van der Waals surface area contributed by atoms with Gasteiger partial charge in [-0.25, -0.2) is 0 Å². The van der Waals surface area contributed by atoms with Crippen molar-refractivity contribution < 1.29 is 4.79 Å². The van der Waals surface area contributed by atoms with Gasteiger partial charge in [0.2, 0.25) is 0 Å². The number of thiol groups is 1. The third kappa shape index (κ3) is 0.704. The average Bonchev–Trinajstić information content (AvgIpc) is 1.63. The van der Waals surface area contributed by atoms with Gasteiger partial charge in [-0.1, -0.05) is 11.6 Å². The highest BCUT2D eigenvalue weighted by atomic mass is 35.5. The Morgan fingerprint density at radius 1 is 2.00 bits per heavy atom. The van der Waals surface area contributed by atoms with Gasteiger partial charge in [0.05, 0.1) is 6.54 Å². The van der Waals surface area contributed by atoms with Crippen LogP contribution in [0.25, 0.3) is 0 Å². The van der Waals surface area contributed by atoms with E-state index in [9.17, 15) is 4.79 Å². The highest BCUT2D eigenvalue weighted by Gasteiger charge is 2.40. The first-order valence-electron chi connectivity index (χ1n) is 1.82. The van der Waals surface area contributed by atoms with Crippen LogP contribution in [-0.2, 0) is 4.79 Å². The Balaban J connectivity index is 2.59. The molecule has 0 aromatic heterocycles.